The average Bonchev–Trinajstić information content (AvgIpc) is 2.71. The normalized spacial score (nSPS) is 11.1. The predicted molar refractivity (Wildman–Crippen MR) is 74.3 cm³/mol. The summed E-state index contributed by atoms with van der Waals surface area (Å²) in [5, 5.41) is 19.0. The average molecular weight is 254 g/mol. The second kappa shape index (κ2) is 4.02. The molecule has 0 aliphatic heterocycles. The third-order valence-electron chi connectivity index (χ3n) is 3.27. The molecule has 0 fully saturated rings. The summed E-state index contributed by atoms with van der Waals surface area (Å²) in [6.45, 7) is 4.10. The molecule has 4 nitrogen and oxygen atoms in total. The van der Waals surface area contributed by atoms with E-state index in [9.17, 15) is 10.2 Å². The van der Waals surface area contributed by atoms with Crippen LogP contribution in [-0.2, 0) is 0 Å². The summed E-state index contributed by atoms with van der Waals surface area (Å²) in [7, 11) is 0. The number of aromatic hydroxyl groups is 2. The monoisotopic (exact) mass is 254 g/mol. The molecule has 0 radical (unpaired) electrons. The molecule has 3 N–H and O–H groups in total. The number of hydrogen-bond acceptors (Lipinski definition) is 3. The number of fused-ring (bicyclic) bond motifs is 1. The van der Waals surface area contributed by atoms with Crippen LogP contribution in [0.25, 0.3) is 22.4 Å². The number of aromatic amines is 1. The summed E-state index contributed by atoms with van der Waals surface area (Å²) >= 11 is 0. The van der Waals surface area contributed by atoms with Gasteiger partial charge in [0.2, 0.25) is 0 Å². The predicted octanol–water partition coefficient (Wildman–Crippen LogP) is 3.26. The molecule has 0 atom stereocenters. The maximum Gasteiger partial charge on any atom is 0.138 e. The Morgan fingerprint density at radius 2 is 1.53 bits per heavy atom. The lowest BCUT2D eigenvalue weighted by atomic mass is 10.1. The van der Waals surface area contributed by atoms with Gasteiger partial charge in [-0.25, -0.2) is 4.98 Å². The highest BCUT2D eigenvalue weighted by Gasteiger charge is 2.08. The van der Waals surface area contributed by atoms with Crippen LogP contribution in [0, 0.1) is 13.8 Å². The molecule has 19 heavy (non-hydrogen) atoms. The third kappa shape index (κ3) is 2.01. The van der Waals surface area contributed by atoms with Crippen molar-refractivity contribution in [3.05, 3.63) is 41.5 Å². The molecule has 0 saturated carbocycles. The van der Waals surface area contributed by atoms with Crippen molar-refractivity contribution in [2.75, 3.05) is 0 Å². The van der Waals surface area contributed by atoms with Gasteiger partial charge in [0.1, 0.15) is 17.3 Å². The Bertz CT molecular complexity index is 716. The van der Waals surface area contributed by atoms with Crippen molar-refractivity contribution in [1.82, 2.24) is 9.97 Å². The Morgan fingerprint density at radius 1 is 0.895 bits per heavy atom. The second-order valence-electron chi connectivity index (χ2n) is 4.78. The first-order valence-electron chi connectivity index (χ1n) is 6.03. The van der Waals surface area contributed by atoms with Crippen molar-refractivity contribution in [3.8, 4) is 22.9 Å². The van der Waals surface area contributed by atoms with Gasteiger partial charge >= 0.3 is 0 Å². The molecular formula is C15H14N2O2. The summed E-state index contributed by atoms with van der Waals surface area (Å²) in [4.78, 5) is 7.69. The van der Waals surface area contributed by atoms with E-state index in [1.165, 1.54) is 17.2 Å². The van der Waals surface area contributed by atoms with Crippen LogP contribution in [0.5, 0.6) is 11.5 Å². The molecule has 0 amide bonds. The summed E-state index contributed by atoms with van der Waals surface area (Å²) < 4.78 is 0. The van der Waals surface area contributed by atoms with Gasteiger partial charge in [0.25, 0.3) is 0 Å². The third-order valence-corrected chi connectivity index (χ3v) is 3.27. The van der Waals surface area contributed by atoms with E-state index < -0.39 is 0 Å². The molecule has 0 saturated heterocycles. The molecule has 0 aliphatic carbocycles. The number of aryl methyl sites for hydroxylation is 2. The minimum Gasteiger partial charge on any atom is -0.508 e. The standard InChI is InChI=1S/C15H14N2O2/c1-8-3-13-14(4-9(8)2)17-15(16-13)10-5-11(18)7-12(19)6-10/h3-7,18-19H,1-2H3,(H,16,17). The minimum atomic E-state index is 0.0165. The van der Waals surface area contributed by atoms with Crippen LogP contribution in [0.3, 0.4) is 0 Å². The van der Waals surface area contributed by atoms with Gasteiger partial charge in [-0.15, -0.1) is 0 Å². The molecule has 3 aromatic rings. The summed E-state index contributed by atoms with van der Waals surface area (Å²) in [5.41, 5.74) is 4.86. The lowest BCUT2D eigenvalue weighted by Gasteiger charge is -1.99. The smallest absolute Gasteiger partial charge is 0.138 e. The van der Waals surface area contributed by atoms with Crippen LogP contribution in [0.1, 0.15) is 11.1 Å². The number of nitrogens with one attached hydrogen (secondary N) is 1. The molecule has 3 rings (SSSR count). The molecule has 2 aromatic carbocycles. The van der Waals surface area contributed by atoms with Crippen molar-refractivity contribution >= 4 is 11.0 Å². The van der Waals surface area contributed by atoms with E-state index in [4.69, 9.17) is 0 Å². The van der Waals surface area contributed by atoms with Gasteiger partial charge in [-0.2, -0.15) is 0 Å². The van der Waals surface area contributed by atoms with E-state index >= 15 is 0 Å². The molecule has 96 valence electrons. The van der Waals surface area contributed by atoms with Gasteiger partial charge in [-0.1, -0.05) is 0 Å². The number of nitrogens with zero attached hydrogens (tertiary/aromatic N) is 1. The van der Waals surface area contributed by atoms with Crippen molar-refractivity contribution in [2.45, 2.75) is 13.8 Å². The largest absolute Gasteiger partial charge is 0.508 e. The van der Waals surface area contributed by atoms with Crippen LogP contribution in [0.2, 0.25) is 0 Å². The van der Waals surface area contributed by atoms with Crippen LogP contribution in [0.4, 0.5) is 0 Å². The molecule has 1 aromatic heterocycles. The first kappa shape index (κ1) is 11.6. The molecule has 0 bridgehead atoms. The summed E-state index contributed by atoms with van der Waals surface area (Å²) in [6, 6.07) is 8.49. The van der Waals surface area contributed by atoms with Crippen LogP contribution in [0.15, 0.2) is 30.3 Å². The molecule has 0 unspecified atom stereocenters. The SMILES string of the molecule is Cc1cc2nc(-c3cc(O)cc(O)c3)[nH]c2cc1C. The van der Waals surface area contributed by atoms with Crippen molar-refractivity contribution in [1.29, 1.82) is 0 Å². The molecule has 4 heteroatoms. The lowest BCUT2D eigenvalue weighted by molar-refractivity contribution is 0.451. The first-order valence-corrected chi connectivity index (χ1v) is 6.03. The van der Waals surface area contributed by atoms with E-state index in [0.29, 0.717) is 11.4 Å². The zero-order chi connectivity index (χ0) is 13.6. The second-order valence-corrected chi connectivity index (χ2v) is 4.78. The Hall–Kier alpha value is -2.49. The fourth-order valence-corrected chi connectivity index (χ4v) is 2.14. The fourth-order valence-electron chi connectivity index (χ4n) is 2.14. The van der Waals surface area contributed by atoms with Gasteiger partial charge in [-0.3, -0.25) is 0 Å². The lowest BCUT2D eigenvalue weighted by Crippen LogP contribution is -1.80. The maximum atomic E-state index is 9.52. The number of phenols is 2. The Kier molecular flexibility index (Phi) is 2.45. The zero-order valence-electron chi connectivity index (χ0n) is 10.7. The van der Waals surface area contributed by atoms with Crippen molar-refractivity contribution in [3.63, 3.8) is 0 Å². The molecule has 1 heterocycles. The highest BCUT2D eigenvalue weighted by Crippen LogP contribution is 2.28. The number of imidazole rings is 1. The van der Waals surface area contributed by atoms with E-state index in [0.717, 1.165) is 11.0 Å². The van der Waals surface area contributed by atoms with E-state index in [2.05, 4.69) is 16.9 Å². The number of rotatable bonds is 1. The Balaban J connectivity index is 2.20. The van der Waals surface area contributed by atoms with Crippen molar-refractivity contribution in [2.24, 2.45) is 0 Å². The topological polar surface area (TPSA) is 69.1 Å². The highest BCUT2D eigenvalue weighted by atomic mass is 16.3. The van der Waals surface area contributed by atoms with Crippen LogP contribution >= 0.6 is 0 Å². The number of phenolic OH excluding ortho intramolecular Hbond substituents is 2. The maximum absolute atomic E-state index is 9.52. The van der Waals surface area contributed by atoms with Crippen LogP contribution in [-0.4, -0.2) is 20.2 Å². The minimum absolute atomic E-state index is 0.0165. The van der Waals surface area contributed by atoms with Crippen LogP contribution < -0.4 is 0 Å². The number of H-pyrrole nitrogens is 1. The van der Waals surface area contributed by atoms with Gasteiger partial charge < -0.3 is 15.2 Å². The number of aromatic nitrogens is 2. The van der Waals surface area contributed by atoms with Gasteiger partial charge in [0.15, 0.2) is 0 Å². The Morgan fingerprint density at radius 3 is 2.21 bits per heavy atom. The zero-order valence-corrected chi connectivity index (χ0v) is 10.7. The fraction of sp³-hybridized carbons (Fsp3) is 0.133. The summed E-state index contributed by atoms with van der Waals surface area (Å²) in [5.74, 6) is 0.664. The van der Waals surface area contributed by atoms with E-state index in [1.807, 2.05) is 19.1 Å². The van der Waals surface area contributed by atoms with E-state index in [1.54, 1.807) is 12.1 Å². The summed E-state index contributed by atoms with van der Waals surface area (Å²) in [6.07, 6.45) is 0. The Labute approximate surface area is 110 Å². The molecular weight excluding hydrogens is 240 g/mol. The number of benzene rings is 2. The van der Waals surface area contributed by atoms with Gasteiger partial charge in [-0.05, 0) is 49.2 Å². The van der Waals surface area contributed by atoms with Gasteiger partial charge in [0, 0.05) is 11.6 Å². The van der Waals surface area contributed by atoms with Gasteiger partial charge in [0.05, 0.1) is 11.0 Å². The number of hydrogen-bond donors (Lipinski definition) is 3. The quantitative estimate of drug-likeness (QED) is 0.624. The molecule has 0 aliphatic rings. The molecule has 0 spiro atoms. The first-order chi connectivity index (χ1) is 9.02. The van der Waals surface area contributed by atoms with E-state index in [-0.39, 0.29) is 11.5 Å². The van der Waals surface area contributed by atoms with Crippen molar-refractivity contribution < 1.29 is 10.2 Å². The highest BCUT2D eigenvalue weighted by molar-refractivity contribution is 5.81.